The highest BCUT2D eigenvalue weighted by atomic mass is 19.1. The molecule has 0 atom stereocenters. The lowest BCUT2D eigenvalue weighted by Crippen LogP contribution is -2.00. The number of fused-ring (bicyclic) bond motifs is 1. The summed E-state index contributed by atoms with van der Waals surface area (Å²) >= 11 is 0. The zero-order valence-electron chi connectivity index (χ0n) is 11.0. The number of nitrogen functional groups attached to an aromatic ring is 1. The van der Waals surface area contributed by atoms with Gasteiger partial charge >= 0.3 is 5.63 Å². The number of nitrogens with zero attached hydrogens (tertiary/aromatic N) is 2. The van der Waals surface area contributed by atoms with E-state index in [9.17, 15) is 9.18 Å². The summed E-state index contributed by atoms with van der Waals surface area (Å²) in [4.78, 5) is 18.5. The lowest BCUT2D eigenvalue weighted by Gasteiger charge is -2.07. The second-order valence-electron chi connectivity index (χ2n) is 4.39. The number of aromatic nitrogens is 2. The first-order chi connectivity index (χ1) is 10.0. The Morgan fingerprint density at radius 2 is 2.14 bits per heavy atom. The minimum absolute atomic E-state index is 0.102. The molecule has 0 spiro atoms. The van der Waals surface area contributed by atoms with Crippen LogP contribution in [0.5, 0.6) is 11.6 Å². The molecule has 3 aromatic rings. The van der Waals surface area contributed by atoms with Crippen molar-refractivity contribution in [3.8, 4) is 11.6 Å². The average Bonchev–Trinajstić information content (AvgIpc) is 2.42. The molecule has 0 aliphatic carbocycles. The van der Waals surface area contributed by atoms with E-state index in [-0.39, 0.29) is 17.6 Å². The van der Waals surface area contributed by atoms with Crippen LogP contribution in [0.4, 0.5) is 10.3 Å². The first-order valence-electron chi connectivity index (χ1n) is 6.03. The summed E-state index contributed by atoms with van der Waals surface area (Å²) < 4.78 is 23.9. The van der Waals surface area contributed by atoms with Crippen LogP contribution in [0, 0.1) is 12.7 Å². The molecule has 21 heavy (non-hydrogen) atoms. The molecule has 0 saturated carbocycles. The Labute approximate surface area is 118 Å². The smallest absolute Gasteiger partial charge is 0.336 e. The van der Waals surface area contributed by atoms with Crippen molar-refractivity contribution in [2.24, 2.45) is 0 Å². The molecule has 0 bridgehead atoms. The maximum atomic E-state index is 13.5. The number of aryl methyl sites for hydroxylation is 1. The van der Waals surface area contributed by atoms with Gasteiger partial charge in [-0.25, -0.2) is 9.78 Å². The van der Waals surface area contributed by atoms with Gasteiger partial charge in [0, 0.05) is 17.5 Å². The fourth-order valence-corrected chi connectivity index (χ4v) is 1.92. The summed E-state index contributed by atoms with van der Waals surface area (Å²) in [6.45, 7) is 1.80. The summed E-state index contributed by atoms with van der Waals surface area (Å²) in [6, 6.07) is 6.22. The Hall–Kier alpha value is -2.96. The molecule has 0 unspecified atom stereocenters. The van der Waals surface area contributed by atoms with Crippen LogP contribution in [-0.2, 0) is 0 Å². The summed E-state index contributed by atoms with van der Waals surface area (Å²) in [6.07, 6.45) is 0.920. The lowest BCUT2D eigenvalue weighted by atomic mass is 10.1. The maximum absolute atomic E-state index is 13.5. The quantitative estimate of drug-likeness (QED) is 0.728. The first kappa shape index (κ1) is 13.0. The SMILES string of the molecule is Cc1cc(=O)oc2cc(Oc3nc(N)ncc3F)ccc12. The number of ether oxygens (including phenoxy) is 1. The third-order valence-corrected chi connectivity index (χ3v) is 2.87. The number of hydrogen-bond acceptors (Lipinski definition) is 6. The van der Waals surface area contributed by atoms with Crippen LogP contribution < -0.4 is 16.1 Å². The van der Waals surface area contributed by atoms with Crippen molar-refractivity contribution in [1.82, 2.24) is 9.97 Å². The van der Waals surface area contributed by atoms with Gasteiger partial charge in [-0.05, 0) is 24.6 Å². The van der Waals surface area contributed by atoms with Gasteiger partial charge in [-0.3, -0.25) is 0 Å². The second kappa shape index (κ2) is 4.86. The van der Waals surface area contributed by atoms with Gasteiger partial charge in [0.15, 0.2) is 0 Å². The van der Waals surface area contributed by atoms with Gasteiger partial charge in [0.25, 0.3) is 5.88 Å². The van der Waals surface area contributed by atoms with Crippen molar-refractivity contribution in [2.45, 2.75) is 6.92 Å². The highest BCUT2D eigenvalue weighted by Crippen LogP contribution is 2.26. The van der Waals surface area contributed by atoms with Gasteiger partial charge in [0.2, 0.25) is 11.8 Å². The zero-order chi connectivity index (χ0) is 15.0. The highest BCUT2D eigenvalue weighted by Gasteiger charge is 2.10. The lowest BCUT2D eigenvalue weighted by molar-refractivity contribution is 0.420. The number of anilines is 1. The second-order valence-corrected chi connectivity index (χ2v) is 4.39. The summed E-state index contributed by atoms with van der Waals surface area (Å²) in [5.74, 6) is -0.866. The predicted octanol–water partition coefficient (Wildman–Crippen LogP) is 2.41. The monoisotopic (exact) mass is 287 g/mol. The van der Waals surface area contributed by atoms with Crippen LogP contribution in [0.3, 0.4) is 0 Å². The van der Waals surface area contributed by atoms with Crippen LogP contribution in [0.1, 0.15) is 5.56 Å². The van der Waals surface area contributed by atoms with Gasteiger partial charge in [-0.2, -0.15) is 9.37 Å². The summed E-state index contributed by atoms with van der Waals surface area (Å²) in [7, 11) is 0. The van der Waals surface area contributed by atoms with Crippen LogP contribution in [0.25, 0.3) is 11.0 Å². The Balaban J connectivity index is 2.05. The fraction of sp³-hybridized carbons (Fsp3) is 0.0714. The van der Waals surface area contributed by atoms with E-state index >= 15 is 0 Å². The van der Waals surface area contributed by atoms with Crippen molar-refractivity contribution >= 4 is 16.9 Å². The average molecular weight is 287 g/mol. The van der Waals surface area contributed by atoms with Gasteiger partial charge in [-0.1, -0.05) is 0 Å². The molecule has 0 aliphatic heterocycles. The van der Waals surface area contributed by atoms with Crippen molar-refractivity contribution in [3.05, 3.63) is 52.3 Å². The highest BCUT2D eigenvalue weighted by molar-refractivity contribution is 5.81. The minimum Gasteiger partial charge on any atom is -0.436 e. The van der Waals surface area contributed by atoms with Crippen molar-refractivity contribution in [1.29, 1.82) is 0 Å². The molecule has 0 radical (unpaired) electrons. The number of halogens is 1. The van der Waals surface area contributed by atoms with Gasteiger partial charge in [-0.15, -0.1) is 0 Å². The number of nitrogens with two attached hydrogens (primary N) is 1. The Bertz CT molecular complexity index is 892. The van der Waals surface area contributed by atoms with Gasteiger partial charge in [0.05, 0.1) is 6.20 Å². The zero-order valence-corrected chi connectivity index (χ0v) is 11.0. The summed E-state index contributed by atoms with van der Waals surface area (Å²) in [5.41, 5.74) is 6.05. The Kier molecular flexibility index (Phi) is 3.02. The topological polar surface area (TPSA) is 91.2 Å². The van der Waals surface area contributed by atoms with Crippen molar-refractivity contribution in [3.63, 3.8) is 0 Å². The molecule has 6 nitrogen and oxygen atoms in total. The summed E-state index contributed by atoms with van der Waals surface area (Å²) in [5, 5.41) is 0.768. The molecule has 2 heterocycles. The molecule has 0 amide bonds. The number of rotatable bonds is 2. The van der Waals surface area contributed by atoms with E-state index in [1.54, 1.807) is 19.1 Å². The molecule has 1 aromatic carbocycles. The Morgan fingerprint density at radius 1 is 1.33 bits per heavy atom. The van der Waals surface area contributed by atoms with Gasteiger partial charge < -0.3 is 14.9 Å². The molecule has 0 aliphatic rings. The molecule has 7 heteroatoms. The van der Waals surface area contributed by atoms with Crippen LogP contribution in [0.15, 0.2) is 39.7 Å². The standard InChI is InChI=1S/C14H10FN3O3/c1-7-4-12(19)21-11-5-8(2-3-9(7)11)20-13-10(15)6-17-14(16)18-13/h2-6H,1H3,(H2,16,17,18). The normalized spacial score (nSPS) is 10.8. The van der Waals surface area contributed by atoms with E-state index < -0.39 is 11.4 Å². The van der Waals surface area contributed by atoms with Crippen molar-refractivity contribution in [2.75, 3.05) is 5.73 Å². The van der Waals surface area contributed by atoms with Crippen LogP contribution in [0.2, 0.25) is 0 Å². The molecule has 2 N–H and O–H groups in total. The molecule has 0 fully saturated rings. The van der Waals surface area contributed by atoms with E-state index in [1.807, 2.05) is 0 Å². The van der Waals surface area contributed by atoms with Crippen LogP contribution >= 0.6 is 0 Å². The Morgan fingerprint density at radius 3 is 2.95 bits per heavy atom. The predicted molar refractivity (Wildman–Crippen MR) is 73.7 cm³/mol. The van der Waals surface area contributed by atoms with Gasteiger partial charge in [0.1, 0.15) is 11.3 Å². The van der Waals surface area contributed by atoms with Crippen molar-refractivity contribution < 1.29 is 13.5 Å². The third kappa shape index (κ3) is 2.53. The largest absolute Gasteiger partial charge is 0.436 e. The van der Waals surface area contributed by atoms with E-state index in [4.69, 9.17) is 14.9 Å². The molecular weight excluding hydrogens is 277 g/mol. The minimum atomic E-state index is -0.741. The van der Waals surface area contributed by atoms with Crippen LogP contribution in [-0.4, -0.2) is 9.97 Å². The first-order valence-corrected chi connectivity index (χ1v) is 6.03. The molecule has 2 aromatic heterocycles. The van der Waals surface area contributed by atoms with E-state index in [0.717, 1.165) is 17.1 Å². The van der Waals surface area contributed by atoms with E-state index in [2.05, 4.69) is 9.97 Å². The third-order valence-electron chi connectivity index (χ3n) is 2.87. The molecule has 106 valence electrons. The van der Waals surface area contributed by atoms with E-state index in [1.165, 1.54) is 12.1 Å². The fourth-order valence-electron chi connectivity index (χ4n) is 1.92. The number of benzene rings is 1. The number of hydrogen-bond donors (Lipinski definition) is 1. The molecule has 0 saturated heterocycles. The van der Waals surface area contributed by atoms with E-state index in [0.29, 0.717) is 5.58 Å². The maximum Gasteiger partial charge on any atom is 0.336 e. The molecular formula is C14H10FN3O3. The molecule has 3 rings (SSSR count).